The molecule has 0 N–H and O–H groups in total. The first-order valence-corrected chi connectivity index (χ1v) is 7.72. The van der Waals surface area contributed by atoms with E-state index in [2.05, 4.69) is 19.9 Å². The predicted molar refractivity (Wildman–Crippen MR) is 81.9 cm³/mol. The smallest absolute Gasteiger partial charge is 0.410 e. The van der Waals surface area contributed by atoms with Gasteiger partial charge in [0.2, 0.25) is 11.2 Å². The van der Waals surface area contributed by atoms with Crippen LogP contribution in [0.4, 0.5) is 10.7 Å². The Morgan fingerprint density at radius 2 is 2.05 bits per heavy atom. The van der Waals surface area contributed by atoms with Gasteiger partial charge in [0.1, 0.15) is 11.9 Å². The lowest BCUT2D eigenvalue weighted by atomic mass is 9.79. The van der Waals surface area contributed by atoms with Crippen molar-refractivity contribution in [2.75, 3.05) is 31.1 Å². The highest BCUT2D eigenvalue weighted by Crippen LogP contribution is 2.41. The molecule has 0 saturated carbocycles. The number of anilines is 1. The van der Waals surface area contributed by atoms with Crippen LogP contribution in [0.15, 0.2) is 6.33 Å². The first kappa shape index (κ1) is 15.3. The van der Waals surface area contributed by atoms with Gasteiger partial charge in [0.15, 0.2) is 0 Å². The minimum absolute atomic E-state index is 0.121. The van der Waals surface area contributed by atoms with Gasteiger partial charge in [-0.1, -0.05) is 0 Å². The minimum Gasteiger partial charge on any atom is -0.444 e. The topological polar surface area (TPSA) is 71.5 Å². The molecule has 0 radical (unpaired) electrons. The summed E-state index contributed by atoms with van der Waals surface area (Å²) in [6, 6.07) is 0. The van der Waals surface area contributed by atoms with Crippen LogP contribution >= 0.6 is 11.6 Å². The normalized spacial score (nSPS) is 20.2. The molecule has 0 unspecified atom stereocenters. The van der Waals surface area contributed by atoms with Crippen molar-refractivity contribution in [1.82, 2.24) is 19.9 Å². The summed E-state index contributed by atoms with van der Waals surface area (Å²) in [6.07, 6.45) is 2.16. The zero-order valence-corrected chi connectivity index (χ0v) is 13.8. The SMILES string of the molecule is CC(C)(C)OC(=O)N1CCC2(C1)CN(c1ncnc(Cl)n1)C2. The lowest BCUT2D eigenvalue weighted by Crippen LogP contribution is -2.58. The zero-order chi connectivity index (χ0) is 16.0. The fourth-order valence-electron chi connectivity index (χ4n) is 3.00. The lowest BCUT2D eigenvalue weighted by Gasteiger charge is -2.47. The molecule has 0 aromatic carbocycles. The van der Waals surface area contributed by atoms with Crippen molar-refractivity contribution in [3.05, 3.63) is 11.6 Å². The van der Waals surface area contributed by atoms with E-state index in [1.54, 1.807) is 4.90 Å². The molecule has 120 valence electrons. The molecule has 0 atom stereocenters. The summed E-state index contributed by atoms with van der Waals surface area (Å²) >= 11 is 5.79. The Morgan fingerprint density at radius 1 is 1.32 bits per heavy atom. The number of amides is 1. The number of aromatic nitrogens is 3. The molecule has 2 fully saturated rings. The van der Waals surface area contributed by atoms with Crippen LogP contribution in [-0.4, -0.2) is 57.7 Å². The molecule has 3 rings (SSSR count). The summed E-state index contributed by atoms with van der Waals surface area (Å²) in [6.45, 7) is 8.75. The zero-order valence-electron chi connectivity index (χ0n) is 13.0. The van der Waals surface area contributed by atoms with Crippen LogP contribution in [0.5, 0.6) is 0 Å². The Morgan fingerprint density at radius 3 is 2.68 bits per heavy atom. The van der Waals surface area contributed by atoms with E-state index in [-0.39, 0.29) is 16.8 Å². The predicted octanol–water partition coefficient (Wildman–Crippen LogP) is 1.97. The first-order chi connectivity index (χ1) is 10.3. The van der Waals surface area contributed by atoms with Gasteiger partial charge in [0, 0.05) is 31.6 Å². The molecule has 2 aliphatic heterocycles. The molecule has 1 aromatic rings. The number of carbonyl (C=O) groups excluding carboxylic acids is 1. The third-order valence-electron chi connectivity index (χ3n) is 3.96. The average Bonchev–Trinajstić information content (AvgIpc) is 2.80. The molecule has 0 aliphatic carbocycles. The van der Waals surface area contributed by atoms with E-state index < -0.39 is 5.60 Å². The van der Waals surface area contributed by atoms with E-state index in [4.69, 9.17) is 16.3 Å². The van der Waals surface area contributed by atoms with Crippen molar-refractivity contribution in [3.8, 4) is 0 Å². The third-order valence-corrected chi connectivity index (χ3v) is 4.14. The van der Waals surface area contributed by atoms with Crippen LogP contribution in [0.2, 0.25) is 5.28 Å². The van der Waals surface area contributed by atoms with E-state index in [1.165, 1.54) is 6.33 Å². The van der Waals surface area contributed by atoms with Crippen LogP contribution < -0.4 is 4.90 Å². The van der Waals surface area contributed by atoms with Crippen molar-refractivity contribution in [2.45, 2.75) is 32.8 Å². The van der Waals surface area contributed by atoms with Crippen LogP contribution in [0, 0.1) is 5.41 Å². The number of nitrogens with zero attached hydrogens (tertiary/aromatic N) is 5. The van der Waals surface area contributed by atoms with E-state index in [0.29, 0.717) is 5.95 Å². The number of halogens is 1. The summed E-state index contributed by atoms with van der Waals surface area (Å²) in [5, 5.41) is 0.202. The highest BCUT2D eigenvalue weighted by atomic mass is 35.5. The number of rotatable bonds is 1. The summed E-state index contributed by atoms with van der Waals surface area (Å²) in [5.74, 6) is 0.598. The van der Waals surface area contributed by atoms with Crippen molar-refractivity contribution in [1.29, 1.82) is 0 Å². The second kappa shape index (κ2) is 5.22. The maximum absolute atomic E-state index is 12.1. The molecule has 22 heavy (non-hydrogen) atoms. The van der Waals surface area contributed by atoms with Gasteiger partial charge in [-0.25, -0.2) is 14.8 Å². The van der Waals surface area contributed by atoms with Crippen molar-refractivity contribution < 1.29 is 9.53 Å². The van der Waals surface area contributed by atoms with Gasteiger partial charge in [-0.2, -0.15) is 4.98 Å². The average molecular weight is 326 g/mol. The maximum Gasteiger partial charge on any atom is 0.410 e. The summed E-state index contributed by atoms with van der Waals surface area (Å²) < 4.78 is 5.43. The van der Waals surface area contributed by atoms with Gasteiger partial charge in [-0.3, -0.25) is 0 Å². The highest BCUT2D eigenvalue weighted by molar-refractivity contribution is 6.28. The van der Waals surface area contributed by atoms with Gasteiger partial charge in [-0.15, -0.1) is 0 Å². The van der Waals surface area contributed by atoms with Gasteiger partial charge in [-0.05, 0) is 38.8 Å². The molecule has 1 amide bonds. The van der Waals surface area contributed by atoms with E-state index in [0.717, 1.165) is 32.6 Å². The third kappa shape index (κ3) is 3.09. The number of hydrogen-bond donors (Lipinski definition) is 0. The van der Waals surface area contributed by atoms with Gasteiger partial charge in [0.05, 0.1) is 0 Å². The number of hydrogen-bond acceptors (Lipinski definition) is 6. The fraction of sp³-hybridized carbons (Fsp3) is 0.714. The Hall–Kier alpha value is -1.63. The lowest BCUT2D eigenvalue weighted by molar-refractivity contribution is 0.0265. The monoisotopic (exact) mass is 325 g/mol. The Kier molecular flexibility index (Phi) is 3.63. The van der Waals surface area contributed by atoms with Crippen molar-refractivity contribution >= 4 is 23.6 Å². The molecule has 7 nitrogen and oxygen atoms in total. The molecule has 3 heterocycles. The first-order valence-electron chi connectivity index (χ1n) is 7.34. The Bertz CT molecular complexity index is 583. The van der Waals surface area contributed by atoms with Gasteiger partial charge < -0.3 is 14.5 Å². The number of carbonyl (C=O) groups is 1. The number of ether oxygens (including phenoxy) is 1. The van der Waals surface area contributed by atoms with Crippen molar-refractivity contribution in [3.63, 3.8) is 0 Å². The molecular formula is C14H20ClN5O2. The minimum atomic E-state index is -0.458. The quantitative estimate of drug-likeness (QED) is 0.786. The molecule has 0 bridgehead atoms. The van der Waals surface area contributed by atoms with Crippen LogP contribution in [-0.2, 0) is 4.74 Å². The van der Waals surface area contributed by atoms with E-state index in [9.17, 15) is 4.79 Å². The molecule has 1 spiro atoms. The summed E-state index contributed by atoms with van der Waals surface area (Å²) in [5.41, 5.74) is -0.337. The summed E-state index contributed by atoms with van der Waals surface area (Å²) in [7, 11) is 0. The van der Waals surface area contributed by atoms with Crippen LogP contribution in [0.3, 0.4) is 0 Å². The standard InChI is InChI=1S/C14H20ClN5O2/c1-13(2,3)22-12(21)19-5-4-14(6-19)7-20(8-14)11-17-9-16-10(15)18-11/h9H,4-8H2,1-3H3. The Labute approximate surface area is 134 Å². The molecule has 1 aromatic heterocycles. The van der Waals surface area contributed by atoms with E-state index >= 15 is 0 Å². The largest absolute Gasteiger partial charge is 0.444 e. The van der Waals surface area contributed by atoms with Crippen molar-refractivity contribution in [2.24, 2.45) is 5.41 Å². The maximum atomic E-state index is 12.1. The van der Waals surface area contributed by atoms with Gasteiger partial charge in [0.25, 0.3) is 0 Å². The molecular weight excluding hydrogens is 306 g/mol. The molecule has 2 saturated heterocycles. The molecule has 8 heteroatoms. The highest BCUT2D eigenvalue weighted by Gasteiger charge is 2.50. The summed E-state index contributed by atoms with van der Waals surface area (Å²) in [4.78, 5) is 28.0. The molecule has 2 aliphatic rings. The van der Waals surface area contributed by atoms with Crippen LogP contribution in [0.1, 0.15) is 27.2 Å². The fourth-order valence-corrected chi connectivity index (χ4v) is 3.12. The van der Waals surface area contributed by atoms with Crippen LogP contribution in [0.25, 0.3) is 0 Å². The van der Waals surface area contributed by atoms with Gasteiger partial charge >= 0.3 is 6.09 Å². The number of likely N-dealkylation sites (tertiary alicyclic amines) is 1. The Balaban J connectivity index is 1.57. The second-order valence-corrected chi connectivity index (χ2v) is 7.40. The second-order valence-electron chi connectivity index (χ2n) is 7.06. The van der Waals surface area contributed by atoms with E-state index in [1.807, 2.05) is 20.8 Å².